The van der Waals surface area contributed by atoms with Crippen molar-refractivity contribution in [2.45, 2.75) is 5.16 Å². The lowest BCUT2D eigenvalue weighted by Crippen LogP contribution is -2.02. The molecule has 0 radical (unpaired) electrons. The summed E-state index contributed by atoms with van der Waals surface area (Å²) in [6.07, 6.45) is 4.68. The van der Waals surface area contributed by atoms with Crippen molar-refractivity contribution in [1.82, 2.24) is 29.3 Å². The maximum absolute atomic E-state index is 11.1. The molecule has 5 rings (SSSR count). The molecule has 0 unspecified atom stereocenters. The Balaban J connectivity index is 1.50. The van der Waals surface area contributed by atoms with Crippen LogP contribution in [0.2, 0.25) is 5.02 Å². The van der Waals surface area contributed by atoms with Crippen molar-refractivity contribution in [2.24, 2.45) is 0 Å². The molecule has 0 amide bonds. The predicted molar refractivity (Wildman–Crippen MR) is 123 cm³/mol. The fraction of sp³-hybridized carbons (Fsp3) is 0.0455. The van der Waals surface area contributed by atoms with Gasteiger partial charge < -0.3 is 5.11 Å². The minimum atomic E-state index is -0.913. The van der Waals surface area contributed by atoms with Crippen LogP contribution in [-0.4, -0.2) is 46.1 Å². The lowest BCUT2D eigenvalue weighted by atomic mass is 10.0. The summed E-state index contributed by atoms with van der Waals surface area (Å²) in [7, 11) is 0. The standard InChI is InChI=1S/C22H15ClN6O2S/c23-16-9-19-21(25-10-16)27-22(32-11-20(30)31)29(19)18-7-3-15(4-8-18)14-1-5-17(6-2-14)28-13-24-12-26-28/h1-10,12-13H,11H2,(H,30,31). The Labute approximate surface area is 191 Å². The quantitative estimate of drug-likeness (QED) is 0.371. The molecule has 0 aliphatic rings. The van der Waals surface area contributed by atoms with Crippen LogP contribution in [0.4, 0.5) is 0 Å². The number of imidazole rings is 1. The summed E-state index contributed by atoms with van der Waals surface area (Å²) in [5.41, 5.74) is 5.09. The van der Waals surface area contributed by atoms with Crippen molar-refractivity contribution >= 4 is 40.5 Å². The van der Waals surface area contributed by atoms with E-state index in [1.165, 1.54) is 12.5 Å². The molecule has 0 saturated carbocycles. The highest BCUT2D eigenvalue weighted by Gasteiger charge is 2.16. The third-order valence-electron chi connectivity index (χ3n) is 4.78. The van der Waals surface area contributed by atoms with Gasteiger partial charge in [-0.15, -0.1) is 0 Å². The second kappa shape index (κ2) is 8.45. The molecule has 0 fully saturated rings. The molecular weight excluding hydrogens is 448 g/mol. The number of carboxylic acid groups (broad SMARTS) is 1. The second-order valence-corrected chi connectivity index (χ2v) is 8.22. The van der Waals surface area contributed by atoms with E-state index < -0.39 is 5.97 Å². The molecule has 8 nitrogen and oxygen atoms in total. The molecule has 0 aliphatic carbocycles. The van der Waals surface area contributed by atoms with Gasteiger partial charge in [0.15, 0.2) is 10.8 Å². The number of carbonyl (C=O) groups is 1. The number of nitrogens with zero attached hydrogens (tertiary/aromatic N) is 6. The Kier molecular flexibility index (Phi) is 5.34. The van der Waals surface area contributed by atoms with Gasteiger partial charge in [-0.1, -0.05) is 47.6 Å². The zero-order valence-corrected chi connectivity index (χ0v) is 18.0. The molecule has 1 N–H and O–H groups in total. The first-order valence-corrected chi connectivity index (χ1v) is 10.9. The lowest BCUT2D eigenvalue weighted by molar-refractivity contribution is -0.133. The van der Waals surface area contributed by atoms with E-state index in [0.717, 1.165) is 39.8 Å². The fourth-order valence-corrected chi connectivity index (χ4v) is 4.23. The Bertz CT molecular complexity index is 1400. The van der Waals surface area contributed by atoms with Gasteiger partial charge in [0.05, 0.1) is 22.0 Å². The van der Waals surface area contributed by atoms with Crippen molar-refractivity contribution in [3.63, 3.8) is 0 Å². The van der Waals surface area contributed by atoms with Crippen molar-refractivity contribution < 1.29 is 9.90 Å². The van der Waals surface area contributed by atoms with Gasteiger partial charge >= 0.3 is 5.97 Å². The molecule has 0 spiro atoms. The Hall–Kier alpha value is -3.69. The van der Waals surface area contributed by atoms with Crippen LogP contribution in [0.3, 0.4) is 0 Å². The fourth-order valence-electron chi connectivity index (χ4n) is 3.34. The number of fused-ring (bicyclic) bond motifs is 1. The second-order valence-electron chi connectivity index (χ2n) is 6.84. The molecule has 0 aliphatic heterocycles. The third-order valence-corrected chi connectivity index (χ3v) is 5.91. The van der Waals surface area contributed by atoms with Gasteiger partial charge in [-0.05, 0) is 41.5 Å². The summed E-state index contributed by atoms with van der Waals surface area (Å²) in [5, 5.41) is 14.3. The first kappa shape index (κ1) is 20.2. The van der Waals surface area contributed by atoms with Crippen molar-refractivity contribution in [3.8, 4) is 22.5 Å². The summed E-state index contributed by atoms with van der Waals surface area (Å²) in [6.45, 7) is 0. The zero-order chi connectivity index (χ0) is 22.1. The van der Waals surface area contributed by atoms with Gasteiger partial charge in [0.25, 0.3) is 0 Å². The predicted octanol–water partition coefficient (Wildman–Crippen LogP) is 4.50. The average Bonchev–Trinajstić information content (AvgIpc) is 3.46. The molecule has 0 atom stereocenters. The molecule has 0 bridgehead atoms. The molecule has 10 heteroatoms. The van der Waals surface area contributed by atoms with Gasteiger partial charge in [0.2, 0.25) is 0 Å². The maximum atomic E-state index is 11.1. The highest BCUT2D eigenvalue weighted by molar-refractivity contribution is 7.99. The van der Waals surface area contributed by atoms with Gasteiger partial charge in [0.1, 0.15) is 12.7 Å². The van der Waals surface area contributed by atoms with Gasteiger partial charge in [0, 0.05) is 11.9 Å². The van der Waals surface area contributed by atoms with Crippen LogP contribution >= 0.6 is 23.4 Å². The number of rotatable bonds is 6. The van der Waals surface area contributed by atoms with Crippen LogP contribution in [0.5, 0.6) is 0 Å². The smallest absolute Gasteiger partial charge is 0.313 e. The molecule has 3 aromatic heterocycles. The Morgan fingerprint density at radius 3 is 2.34 bits per heavy atom. The van der Waals surface area contributed by atoms with E-state index in [4.69, 9.17) is 16.7 Å². The summed E-state index contributed by atoms with van der Waals surface area (Å²) >= 11 is 7.29. The topological polar surface area (TPSA) is 98.7 Å². The molecule has 3 heterocycles. The lowest BCUT2D eigenvalue weighted by Gasteiger charge is -2.10. The normalized spacial score (nSPS) is 11.2. The molecule has 2 aromatic carbocycles. The zero-order valence-electron chi connectivity index (χ0n) is 16.5. The van der Waals surface area contributed by atoms with Crippen LogP contribution in [0.1, 0.15) is 0 Å². The molecule has 32 heavy (non-hydrogen) atoms. The number of pyridine rings is 1. The van der Waals surface area contributed by atoms with E-state index in [1.807, 2.05) is 53.1 Å². The monoisotopic (exact) mass is 462 g/mol. The minimum absolute atomic E-state index is 0.104. The highest BCUT2D eigenvalue weighted by Crippen LogP contribution is 2.30. The van der Waals surface area contributed by atoms with E-state index in [2.05, 4.69) is 20.1 Å². The van der Waals surface area contributed by atoms with Crippen LogP contribution in [0, 0.1) is 0 Å². The van der Waals surface area contributed by atoms with E-state index >= 15 is 0 Å². The third kappa shape index (κ3) is 3.95. The molecule has 5 aromatic rings. The average molecular weight is 463 g/mol. The van der Waals surface area contributed by atoms with E-state index in [-0.39, 0.29) is 5.75 Å². The largest absolute Gasteiger partial charge is 0.481 e. The maximum Gasteiger partial charge on any atom is 0.313 e. The first-order valence-electron chi connectivity index (χ1n) is 9.53. The van der Waals surface area contributed by atoms with Crippen molar-refractivity contribution in [3.05, 3.63) is 78.5 Å². The van der Waals surface area contributed by atoms with Crippen molar-refractivity contribution in [1.29, 1.82) is 0 Å². The summed E-state index contributed by atoms with van der Waals surface area (Å²) in [4.78, 5) is 23.8. The van der Waals surface area contributed by atoms with E-state index in [1.54, 1.807) is 17.1 Å². The summed E-state index contributed by atoms with van der Waals surface area (Å²) < 4.78 is 3.58. The Morgan fingerprint density at radius 1 is 1.03 bits per heavy atom. The SMILES string of the molecule is O=C(O)CSc1nc2ncc(Cl)cc2n1-c1ccc(-c2ccc(-n3cncn3)cc2)cc1. The van der Waals surface area contributed by atoms with Crippen LogP contribution in [0.25, 0.3) is 33.7 Å². The summed E-state index contributed by atoms with van der Waals surface area (Å²) in [6, 6.07) is 17.7. The molecule has 158 valence electrons. The van der Waals surface area contributed by atoms with Crippen LogP contribution in [0.15, 0.2) is 78.6 Å². The van der Waals surface area contributed by atoms with E-state index in [9.17, 15) is 4.79 Å². The number of aromatic nitrogens is 6. The molecular formula is C22H15ClN6O2S. The number of benzene rings is 2. The number of hydrogen-bond acceptors (Lipinski definition) is 6. The Morgan fingerprint density at radius 2 is 1.72 bits per heavy atom. The number of hydrogen-bond donors (Lipinski definition) is 1. The van der Waals surface area contributed by atoms with Gasteiger partial charge in [-0.2, -0.15) is 5.10 Å². The van der Waals surface area contributed by atoms with E-state index in [0.29, 0.717) is 15.8 Å². The number of halogens is 1. The molecule has 0 saturated heterocycles. The van der Waals surface area contributed by atoms with Gasteiger partial charge in [-0.3, -0.25) is 9.36 Å². The highest BCUT2D eigenvalue weighted by atomic mass is 35.5. The summed E-state index contributed by atoms with van der Waals surface area (Å²) in [5.74, 6) is -1.02. The number of aliphatic carboxylic acids is 1. The van der Waals surface area contributed by atoms with Crippen LogP contribution < -0.4 is 0 Å². The number of carboxylic acids is 1. The number of thioether (sulfide) groups is 1. The van der Waals surface area contributed by atoms with Crippen LogP contribution in [-0.2, 0) is 4.79 Å². The minimum Gasteiger partial charge on any atom is -0.481 e. The van der Waals surface area contributed by atoms with Crippen molar-refractivity contribution in [2.75, 3.05) is 5.75 Å². The van der Waals surface area contributed by atoms with Gasteiger partial charge in [-0.25, -0.2) is 19.6 Å². The first-order chi connectivity index (χ1) is 15.6.